The van der Waals surface area contributed by atoms with Gasteiger partial charge in [0.25, 0.3) is 5.91 Å². The molecule has 0 aliphatic carbocycles. The number of carbonyl (C=O) groups is 2. The van der Waals surface area contributed by atoms with E-state index in [2.05, 4.69) is 21.2 Å². The molecule has 0 heterocycles. The lowest BCUT2D eigenvalue weighted by Crippen LogP contribution is -2.31. The lowest BCUT2D eigenvalue weighted by atomic mass is 10.1. The van der Waals surface area contributed by atoms with Crippen LogP contribution >= 0.6 is 15.9 Å². The number of amidine groups is 1. The van der Waals surface area contributed by atoms with Crippen LogP contribution in [0.3, 0.4) is 0 Å². The van der Waals surface area contributed by atoms with E-state index in [1.54, 1.807) is 30.3 Å². The number of carboxylic acids is 1. The average Bonchev–Trinajstić information content (AvgIpc) is 2.74. The van der Waals surface area contributed by atoms with Crippen LogP contribution in [-0.2, 0) is 4.79 Å². The lowest BCUT2D eigenvalue weighted by Gasteiger charge is -2.12. The smallest absolute Gasteiger partial charge is 0.341 e. The molecular formula is C22H17BrN2O5. The summed E-state index contributed by atoms with van der Waals surface area (Å²) in [5.74, 6) is -0.466. The molecule has 0 aromatic heterocycles. The summed E-state index contributed by atoms with van der Waals surface area (Å²) in [7, 11) is 0. The van der Waals surface area contributed by atoms with Gasteiger partial charge in [-0.2, -0.15) is 0 Å². The fraction of sp³-hybridized carbons (Fsp3) is 0.0455. The minimum atomic E-state index is -1.16. The molecule has 30 heavy (non-hydrogen) atoms. The van der Waals surface area contributed by atoms with Gasteiger partial charge in [-0.3, -0.25) is 10.2 Å². The number of ether oxygens (including phenoxy) is 2. The van der Waals surface area contributed by atoms with Crippen LogP contribution in [0, 0.1) is 5.41 Å². The Labute approximate surface area is 180 Å². The maximum Gasteiger partial charge on any atom is 0.341 e. The van der Waals surface area contributed by atoms with E-state index in [0.717, 1.165) is 0 Å². The number of hydrogen-bond donors (Lipinski definition) is 3. The molecule has 0 aliphatic heterocycles. The zero-order chi connectivity index (χ0) is 21.5. The third kappa shape index (κ3) is 5.68. The number of benzene rings is 3. The van der Waals surface area contributed by atoms with E-state index >= 15 is 0 Å². The molecule has 0 aliphatic rings. The predicted molar refractivity (Wildman–Crippen MR) is 115 cm³/mol. The highest BCUT2D eigenvalue weighted by Crippen LogP contribution is 2.24. The number of hydrogen-bond acceptors (Lipinski definition) is 5. The molecule has 0 saturated heterocycles. The van der Waals surface area contributed by atoms with Gasteiger partial charge in [0.15, 0.2) is 6.61 Å². The highest BCUT2D eigenvalue weighted by Gasteiger charge is 2.16. The summed E-state index contributed by atoms with van der Waals surface area (Å²) in [5, 5.41) is 19.5. The summed E-state index contributed by atoms with van der Waals surface area (Å²) in [5.41, 5.74) is 0.589. The second-order valence-electron chi connectivity index (χ2n) is 6.09. The lowest BCUT2D eigenvalue weighted by molar-refractivity contribution is -0.139. The SMILES string of the molecule is N=C(NC(=O)c1cc(Br)ccc1OCC(=O)O)c1ccc(Oc2ccccc2)cc1. The Balaban J connectivity index is 1.69. The molecule has 0 radical (unpaired) electrons. The van der Waals surface area contributed by atoms with Crippen LogP contribution in [-0.4, -0.2) is 29.4 Å². The number of carbonyl (C=O) groups excluding carboxylic acids is 1. The molecule has 0 saturated carbocycles. The number of carboxylic acid groups (broad SMARTS) is 1. The molecule has 152 valence electrons. The highest BCUT2D eigenvalue weighted by molar-refractivity contribution is 9.10. The second kappa shape index (κ2) is 9.71. The van der Waals surface area contributed by atoms with Gasteiger partial charge in [0.2, 0.25) is 0 Å². The Hall–Kier alpha value is -3.65. The van der Waals surface area contributed by atoms with Crippen LogP contribution in [0.2, 0.25) is 0 Å². The molecule has 0 atom stereocenters. The van der Waals surface area contributed by atoms with E-state index in [4.69, 9.17) is 20.0 Å². The van der Waals surface area contributed by atoms with Crippen molar-refractivity contribution in [2.75, 3.05) is 6.61 Å². The maximum atomic E-state index is 12.6. The Morgan fingerprint density at radius 3 is 2.30 bits per heavy atom. The van der Waals surface area contributed by atoms with Crippen molar-refractivity contribution in [3.8, 4) is 17.2 Å². The summed E-state index contributed by atoms with van der Waals surface area (Å²) in [4.78, 5) is 23.4. The van der Waals surface area contributed by atoms with Gasteiger partial charge in [-0.05, 0) is 54.6 Å². The number of aliphatic carboxylic acids is 1. The summed E-state index contributed by atoms with van der Waals surface area (Å²) >= 11 is 3.27. The number of para-hydroxylation sites is 1. The van der Waals surface area contributed by atoms with Gasteiger partial charge in [-0.15, -0.1) is 0 Å². The summed E-state index contributed by atoms with van der Waals surface area (Å²) in [6, 6.07) is 20.6. The normalized spacial score (nSPS) is 10.2. The van der Waals surface area contributed by atoms with E-state index in [0.29, 0.717) is 21.5 Å². The monoisotopic (exact) mass is 468 g/mol. The summed E-state index contributed by atoms with van der Waals surface area (Å²) in [6.07, 6.45) is 0. The van der Waals surface area contributed by atoms with Gasteiger partial charge < -0.3 is 19.9 Å². The Morgan fingerprint density at radius 1 is 0.967 bits per heavy atom. The van der Waals surface area contributed by atoms with E-state index < -0.39 is 18.5 Å². The third-order valence-electron chi connectivity index (χ3n) is 3.90. The summed E-state index contributed by atoms with van der Waals surface area (Å²) in [6.45, 7) is -0.581. The van der Waals surface area contributed by atoms with Crippen LogP contribution in [0.25, 0.3) is 0 Å². The van der Waals surface area contributed by atoms with E-state index in [-0.39, 0.29) is 17.1 Å². The molecule has 0 unspecified atom stereocenters. The average molecular weight is 469 g/mol. The first-order valence-electron chi connectivity index (χ1n) is 8.80. The van der Waals surface area contributed by atoms with Crippen LogP contribution in [0.1, 0.15) is 15.9 Å². The fourth-order valence-corrected chi connectivity index (χ4v) is 2.87. The van der Waals surface area contributed by atoms with Crippen molar-refractivity contribution in [2.24, 2.45) is 0 Å². The van der Waals surface area contributed by atoms with E-state index in [1.165, 1.54) is 12.1 Å². The van der Waals surface area contributed by atoms with Crippen molar-refractivity contribution in [1.82, 2.24) is 5.32 Å². The zero-order valence-corrected chi connectivity index (χ0v) is 17.2. The van der Waals surface area contributed by atoms with Crippen molar-refractivity contribution < 1.29 is 24.2 Å². The van der Waals surface area contributed by atoms with Crippen molar-refractivity contribution in [1.29, 1.82) is 5.41 Å². The van der Waals surface area contributed by atoms with E-state index in [1.807, 2.05) is 30.3 Å². The highest BCUT2D eigenvalue weighted by atomic mass is 79.9. The summed E-state index contributed by atoms with van der Waals surface area (Å²) < 4.78 is 11.5. The predicted octanol–water partition coefficient (Wildman–Crippen LogP) is 4.46. The standard InChI is InChI=1S/C22H17BrN2O5/c23-15-8-11-19(29-13-20(26)27)18(12-15)22(28)25-21(24)14-6-9-17(10-7-14)30-16-4-2-1-3-5-16/h1-12H,13H2,(H,26,27)(H2,24,25,28). The number of nitrogens with one attached hydrogen (secondary N) is 2. The molecule has 1 amide bonds. The van der Waals surface area contributed by atoms with Crippen LogP contribution in [0.15, 0.2) is 77.3 Å². The van der Waals surface area contributed by atoms with Crippen LogP contribution in [0.4, 0.5) is 0 Å². The minimum absolute atomic E-state index is 0.109. The molecule has 0 spiro atoms. The second-order valence-corrected chi connectivity index (χ2v) is 7.01. The maximum absolute atomic E-state index is 12.6. The van der Waals surface area contributed by atoms with Crippen LogP contribution in [0.5, 0.6) is 17.2 Å². The quantitative estimate of drug-likeness (QED) is 0.350. The topological polar surface area (TPSA) is 109 Å². The van der Waals surface area contributed by atoms with Gasteiger partial charge >= 0.3 is 5.97 Å². The molecule has 0 bridgehead atoms. The number of amides is 1. The molecule has 0 fully saturated rings. The minimum Gasteiger partial charge on any atom is -0.481 e. The van der Waals surface area contributed by atoms with Gasteiger partial charge in [0.1, 0.15) is 23.1 Å². The van der Waals surface area contributed by atoms with Crippen molar-refractivity contribution in [3.05, 3.63) is 88.4 Å². The van der Waals surface area contributed by atoms with Gasteiger partial charge in [0, 0.05) is 10.0 Å². The first-order chi connectivity index (χ1) is 14.4. The fourth-order valence-electron chi connectivity index (χ4n) is 2.51. The zero-order valence-electron chi connectivity index (χ0n) is 15.6. The first-order valence-corrected chi connectivity index (χ1v) is 9.59. The molecule has 8 heteroatoms. The Bertz CT molecular complexity index is 1070. The van der Waals surface area contributed by atoms with Gasteiger partial charge in [0.05, 0.1) is 5.56 Å². The Morgan fingerprint density at radius 2 is 1.63 bits per heavy atom. The molecule has 3 N–H and O–H groups in total. The van der Waals surface area contributed by atoms with E-state index in [9.17, 15) is 9.59 Å². The largest absolute Gasteiger partial charge is 0.481 e. The Kier molecular flexibility index (Phi) is 6.82. The van der Waals surface area contributed by atoms with Gasteiger partial charge in [-0.25, -0.2) is 4.79 Å². The van der Waals surface area contributed by atoms with Gasteiger partial charge in [-0.1, -0.05) is 34.1 Å². The van der Waals surface area contributed by atoms with Crippen molar-refractivity contribution in [2.45, 2.75) is 0 Å². The molecule has 3 rings (SSSR count). The molecular weight excluding hydrogens is 452 g/mol. The molecule has 7 nitrogen and oxygen atoms in total. The van der Waals surface area contributed by atoms with Crippen molar-refractivity contribution >= 4 is 33.6 Å². The number of rotatable bonds is 7. The first kappa shape index (κ1) is 21.1. The number of halogens is 1. The third-order valence-corrected chi connectivity index (χ3v) is 4.39. The molecule has 3 aromatic rings. The molecule has 3 aromatic carbocycles. The van der Waals surface area contributed by atoms with Crippen molar-refractivity contribution in [3.63, 3.8) is 0 Å². The van der Waals surface area contributed by atoms with Crippen LogP contribution < -0.4 is 14.8 Å².